The van der Waals surface area contributed by atoms with Crippen molar-refractivity contribution in [2.75, 3.05) is 6.26 Å². The summed E-state index contributed by atoms with van der Waals surface area (Å²) < 4.78 is 29.5. The van der Waals surface area contributed by atoms with E-state index in [1.807, 2.05) is 6.08 Å². The Morgan fingerprint density at radius 3 is 2.48 bits per heavy atom. The summed E-state index contributed by atoms with van der Waals surface area (Å²) in [6, 6.07) is 0. The van der Waals surface area contributed by atoms with Crippen LogP contribution in [0.5, 0.6) is 0 Å². The van der Waals surface area contributed by atoms with E-state index in [1.54, 1.807) is 0 Å². The standard InChI is InChI=1S/C22H30O4S/c1-5-22(26-27(4,24)25)13-10-19-17-7-6-15-14-16(23)8-11-20(15,2)18(17)9-12-21(19,22)3/h1,14,17-19H,6-13H2,2-4H3/t17-,18+,19+,20+,21+,22+/m1/s1. The molecule has 0 saturated heterocycles. The molecule has 0 aromatic carbocycles. The number of ketones is 1. The maximum absolute atomic E-state index is 12.0. The fourth-order valence-corrected chi connectivity index (χ4v) is 8.05. The Balaban J connectivity index is 1.70. The van der Waals surface area contributed by atoms with Crippen LogP contribution in [0.4, 0.5) is 0 Å². The fraction of sp³-hybridized carbons (Fsp3) is 0.773. The van der Waals surface area contributed by atoms with Crippen molar-refractivity contribution in [2.45, 2.75) is 70.8 Å². The number of hydrogen-bond acceptors (Lipinski definition) is 4. The van der Waals surface area contributed by atoms with Gasteiger partial charge in [0.05, 0.1) is 6.26 Å². The monoisotopic (exact) mass is 390 g/mol. The van der Waals surface area contributed by atoms with Gasteiger partial charge >= 0.3 is 0 Å². The minimum Gasteiger partial charge on any atom is -0.295 e. The molecule has 0 aromatic heterocycles. The van der Waals surface area contributed by atoms with E-state index in [0.29, 0.717) is 30.6 Å². The summed E-state index contributed by atoms with van der Waals surface area (Å²) >= 11 is 0. The van der Waals surface area contributed by atoms with E-state index < -0.39 is 15.7 Å². The SMILES string of the molecule is C#C[C@]1(OS(C)(=O)=O)CC[C@H]2[C@@H]3CCC4=CC(=O)CC[C@]4(C)[C@H]3CC[C@@]21C. The summed E-state index contributed by atoms with van der Waals surface area (Å²) in [5.74, 6) is 4.51. The molecule has 0 amide bonds. The first kappa shape index (κ1) is 19.2. The highest BCUT2D eigenvalue weighted by Crippen LogP contribution is 2.68. The van der Waals surface area contributed by atoms with Crippen LogP contribution in [0, 0.1) is 40.9 Å². The first-order chi connectivity index (χ1) is 12.5. The molecule has 5 heteroatoms. The molecule has 4 aliphatic rings. The van der Waals surface area contributed by atoms with Gasteiger partial charge in [0.15, 0.2) is 11.4 Å². The van der Waals surface area contributed by atoms with Gasteiger partial charge in [-0.3, -0.25) is 4.79 Å². The Bertz CT molecular complexity index is 850. The van der Waals surface area contributed by atoms with E-state index in [9.17, 15) is 13.2 Å². The molecule has 0 aromatic rings. The van der Waals surface area contributed by atoms with Gasteiger partial charge in [-0.05, 0) is 74.2 Å². The minimum atomic E-state index is -3.62. The number of carbonyl (C=O) groups is 1. The maximum Gasteiger partial charge on any atom is 0.265 e. The average Bonchev–Trinajstić information content (AvgIpc) is 2.87. The third-order valence-corrected chi connectivity index (χ3v) is 9.20. The van der Waals surface area contributed by atoms with Crippen LogP contribution >= 0.6 is 0 Å². The van der Waals surface area contributed by atoms with Gasteiger partial charge in [-0.15, -0.1) is 6.42 Å². The van der Waals surface area contributed by atoms with Crippen molar-refractivity contribution < 1.29 is 17.4 Å². The molecule has 0 bridgehead atoms. The van der Waals surface area contributed by atoms with Crippen molar-refractivity contribution in [1.82, 2.24) is 0 Å². The molecule has 4 nitrogen and oxygen atoms in total. The second kappa shape index (κ2) is 5.94. The van der Waals surface area contributed by atoms with Crippen molar-refractivity contribution in [2.24, 2.45) is 28.6 Å². The van der Waals surface area contributed by atoms with Crippen LogP contribution in [0.1, 0.15) is 65.2 Å². The van der Waals surface area contributed by atoms with E-state index in [-0.39, 0.29) is 16.6 Å². The molecule has 0 N–H and O–H groups in total. The summed E-state index contributed by atoms with van der Waals surface area (Å²) in [4.78, 5) is 11.9. The molecular weight excluding hydrogens is 360 g/mol. The van der Waals surface area contributed by atoms with Gasteiger partial charge in [0.25, 0.3) is 10.1 Å². The zero-order valence-corrected chi connectivity index (χ0v) is 17.4. The molecule has 0 heterocycles. The van der Waals surface area contributed by atoms with E-state index in [0.717, 1.165) is 44.8 Å². The van der Waals surface area contributed by atoms with Crippen LogP contribution in [0.3, 0.4) is 0 Å². The van der Waals surface area contributed by atoms with Crippen molar-refractivity contribution in [1.29, 1.82) is 0 Å². The van der Waals surface area contributed by atoms with Crippen LogP contribution in [-0.2, 0) is 19.1 Å². The van der Waals surface area contributed by atoms with Gasteiger partial charge in [-0.25, -0.2) is 4.18 Å². The molecule has 27 heavy (non-hydrogen) atoms. The van der Waals surface area contributed by atoms with Crippen LogP contribution in [-0.4, -0.2) is 26.1 Å². The summed E-state index contributed by atoms with van der Waals surface area (Å²) in [5.41, 5.74) is 0.123. The predicted octanol–water partition coefficient (Wildman–Crippen LogP) is 3.87. The summed E-state index contributed by atoms with van der Waals surface area (Å²) in [7, 11) is -3.62. The normalized spacial score (nSPS) is 46.7. The fourth-order valence-electron chi connectivity index (χ4n) is 7.21. The lowest BCUT2D eigenvalue weighted by Crippen LogP contribution is -2.55. The highest BCUT2D eigenvalue weighted by molar-refractivity contribution is 7.86. The van der Waals surface area contributed by atoms with Crippen LogP contribution < -0.4 is 0 Å². The van der Waals surface area contributed by atoms with Crippen LogP contribution in [0.15, 0.2) is 11.6 Å². The second-order valence-corrected chi connectivity index (χ2v) is 11.3. The molecule has 0 unspecified atom stereocenters. The zero-order chi connectivity index (χ0) is 19.7. The van der Waals surface area contributed by atoms with Crippen molar-refractivity contribution in [3.05, 3.63) is 11.6 Å². The Hall–Kier alpha value is -1.12. The van der Waals surface area contributed by atoms with Crippen molar-refractivity contribution in [3.8, 4) is 12.3 Å². The number of fused-ring (bicyclic) bond motifs is 5. The lowest BCUT2D eigenvalue weighted by molar-refractivity contribution is -0.118. The molecule has 3 fully saturated rings. The third kappa shape index (κ3) is 2.67. The molecular formula is C22H30O4S. The van der Waals surface area contributed by atoms with Crippen LogP contribution in [0.2, 0.25) is 0 Å². The Morgan fingerprint density at radius 1 is 1.11 bits per heavy atom. The average molecular weight is 391 g/mol. The van der Waals surface area contributed by atoms with Gasteiger partial charge in [0, 0.05) is 11.8 Å². The van der Waals surface area contributed by atoms with Gasteiger partial charge in [0.1, 0.15) is 0 Å². The minimum absolute atomic E-state index is 0.108. The summed E-state index contributed by atoms with van der Waals surface area (Å²) in [6.07, 6.45) is 16.0. The van der Waals surface area contributed by atoms with E-state index in [4.69, 9.17) is 10.6 Å². The Kier molecular flexibility index (Phi) is 4.22. The van der Waals surface area contributed by atoms with Crippen molar-refractivity contribution >= 4 is 15.9 Å². The maximum atomic E-state index is 12.0. The van der Waals surface area contributed by atoms with Gasteiger partial charge in [-0.1, -0.05) is 25.3 Å². The highest BCUT2D eigenvalue weighted by atomic mass is 32.2. The Labute approximate surface area is 163 Å². The number of hydrogen-bond donors (Lipinski definition) is 0. The van der Waals surface area contributed by atoms with Gasteiger partial charge < -0.3 is 0 Å². The number of carbonyl (C=O) groups excluding carboxylic acids is 1. The Morgan fingerprint density at radius 2 is 1.81 bits per heavy atom. The van der Waals surface area contributed by atoms with Crippen molar-refractivity contribution in [3.63, 3.8) is 0 Å². The third-order valence-electron chi connectivity index (χ3n) is 8.61. The van der Waals surface area contributed by atoms with Gasteiger partial charge in [0.2, 0.25) is 0 Å². The smallest absolute Gasteiger partial charge is 0.265 e. The largest absolute Gasteiger partial charge is 0.295 e. The van der Waals surface area contributed by atoms with Crippen LogP contribution in [0.25, 0.3) is 0 Å². The summed E-state index contributed by atoms with van der Waals surface area (Å²) in [5, 5.41) is 0. The molecule has 0 radical (unpaired) electrons. The number of rotatable bonds is 2. The molecule has 3 saturated carbocycles. The first-order valence-corrected chi connectivity index (χ1v) is 12.0. The number of terminal acetylenes is 1. The molecule has 0 spiro atoms. The lowest BCUT2D eigenvalue weighted by atomic mass is 9.46. The molecule has 4 aliphatic carbocycles. The summed E-state index contributed by atoms with van der Waals surface area (Å²) in [6.45, 7) is 4.51. The van der Waals surface area contributed by atoms with Gasteiger partial charge in [-0.2, -0.15) is 8.42 Å². The van der Waals surface area contributed by atoms with E-state index >= 15 is 0 Å². The number of allylic oxidation sites excluding steroid dienone is 1. The molecule has 148 valence electrons. The molecule has 6 atom stereocenters. The quantitative estimate of drug-likeness (QED) is 0.530. The highest BCUT2D eigenvalue weighted by Gasteiger charge is 2.65. The lowest BCUT2D eigenvalue weighted by Gasteiger charge is -2.58. The zero-order valence-electron chi connectivity index (χ0n) is 16.6. The van der Waals surface area contributed by atoms with E-state index in [1.165, 1.54) is 5.57 Å². The van der Waals surface area contributed by atoms with E-state index in [2.05, 4.69) is 19.8 Å². The first-order valence-electron chi connectivity index (χ1n) is 10.2. The second-order valence-electron chi connectivity index (χ2n) is 9.72. The predicted molar refractivity (Wildman–Crippen MR) is 104 cm³/mol. The molecule has 0 aliphatic heterocycles. The topological polar surface area (TPSA) is 60.4 Å². The molecule has 4 rings (SSSR count).